The minimum atomic E-state index is -0.436. The summed E-state index contributed by atoms with van der Waals surface area (Å²) in [6, 6.07) is 18.5. The fourth-order valence-corrected chi connectivity index (χ4v) is 3.61. The van der Waals surface area contributed by atoms with E-state index in [1.807, 2.05) is 43.3 Å². The monoisotopic (exact) mass is 452 g/mol. The summed E-state index contributed by atoms with van der Waals surface area (Å²) in [5, 5.41) is 9.62. The molecule has 0 aliphatic rings. The number of rotatable bonds is 8. The molecule has 6 heteroatoms. The van der Waals surface area contributed by atoms with Crippen molar-refractivity contribution in [1.82, 2.24) is 0 Å². The molecule has 2 N–H and O–H groups in total. The lowest BCUT2D eigenvalue weighted by atomic mass is 9.77. The molecule has 3 rings (SSSR count). The van der Waals surface area contributed by atoms with Gasteiger partial charge in [0.25, 0.3) is 0 Å². The molecule has 166 valence electrons. The van der Waals surface area contributed by atoms with Crippen LogP contribution in [0, 0.1) is 24.1 Å². The van der Waals surface area contributed by atoms with Gasteiger partial charge in [-0.05, 0) is 59.5 Å². The van der Waals surface area contributed by atoms with Crippen LogP contribution in [0.2, 0.25) is 0 Å². The van der Waals surface area contributed by atoms with Crippen molar-refractivity contribution >= 4 is 17.3 Å². The maximum atomic E-state index is 13.3. The minimum Gasteiger partial charge on any atom is -0.491 e. The van der Waals surface area contributed by atoms with E-state index in [2.05, 4.69) is 19.9 Å². The third-order valence-corrected chi connectivity index (χ3v) is 5.64. The Hall–Kier alpha value is -3.23. The van der Waals surface area contributed by atoms with Crippen LogP contribution in [-0.2, 0) is 12.0 Å². The van der Waals surface area contributed by atoms with Gasteiger partial charge in [-0.25, -0.2) is 4.39 Å². The van der Waals surface area contributed by atoms with Gasteiger partial charge < -0.3 is 15.2 Å². The maximum Gasteiger partial charge on any atom is 0.146 e. The predicted octanol–water partition coefficient (Wildman–Crippen LogP) is 6.11. The first kappa shape index (κ1) is 23.4. The van der Waals surface area contributed by atoms with E-state index in [9.17, 15) is 9.65 Å². The molecule has 4 nitrogen and oxygen atoms in total. The molecule has 0 aromatic heterocycles. The molecule has 0 amide bonds. The van der Waals surface area contributed by atoms with E-state index in [0.717, 1.165) is 22.3 Å². The van der Waals surface area contributed by atoms with E-state index in [-0.39, 0.29) is 11.1 Å². The van der Waals surface area contributed by atoms with Crippen molar-refractivity contribution in [3.05, 3.63) is 88.2 Å². The van der Waals surface area contributed by atoms with Crippen LogP contribution >= 0.6 is 11.6 Å². The molecule has 0 unspecified atom stereocenters. The van der Waals surface area contributed by atoms with Crippen molar-refractivity contribution in [3.8, 4) is 17.6 Å². The van der Waals surface area contributed by atoms with E-state index in [4.69, 9.17) is 26.8 Å². The maximum absolute atomic E-state index is 13.3. The second kappa shape index (κ2) is 9.93. The summed E-state index contributed by atoms with van der Waals surface area (Å²) in [6.07, 6.45) is 0. The molecular weight excluding hydrogens is 427 g/mol. The summed E-state index contributed by atoms with van der Waals surface area (Å²) >= 11 is 5.73. The smallest absolute Gasteiger partial charge is 0.146 e. The van der Waals surface area contributed by atoms with Crippen LogP contribution in [0.15, 0.2) is 54.6 Å². The molecule has 0 saturated carbocycles. The quantitative estimate of drug-likeness (QED) is 0.330. The topological polar surface area (TPSA) is 68.3 Å². The van der Waals surface area contributed by atoms with Gasteiger partial charge in [-0.1, -0.05) is 38.1 Å². The molecule has 0 saturated heterocycles. The molecule has 0 bridgehead atoms. The Morgan fingerprint density at radius 2 is 1.75 bits per heavy atom. The molecule has 0 spiro atoms. The van der Waals surface area contributed by atoms with Gasteiger partial charge in [-0.2, -0.15) is 5.26 Å². The molecule has 3 aromatic carbocycles. The summed E-state index contributed by atoms with van der Waals surface area (Å²) in [4.78, 5) is 0. The fourth-order valence-electron chi connectivity index (χ4n) is 3.53. The zero-order valence-corrected chi connectivity index (χ0v) is 19.2. The Labute approximate surface area is 193 Å². The van der Waals surface area contributed by atoms with Crippen molar-refractivity contribution in [2.75, 3.05) is 18.2 Å². The molecule has 0 aliphatic carbocycles. The lowest BCUT2D eigenvalue weighted by Gasteiger charge is -2.27. The SMILES string of the molecule is Cc1cc(C(C)(C)c2ccc(OCc3ccc(F)c(N)c3)cc2)cc(C#N)c1OCCCl. The van der Waals surface area contributed by atoms with Crippen LogP contribution in [-0.4, -0.2) is 12.5 Å². The lowest BCUT2D eigenvalue weighted by molar-refractivity contribution is 0.306. The highest BCUT2D eigenvalue weighted by molar-refractivity contribution is 6.18. The predicted molar refractivity (Wildman–Crippen MR) is 126 cm³/mol. The molecule has 0 aliphatic heterocycles. The number of nitrogens with zero attached hydrogens (tertiary/aromatic N) is 1. The normalized spacial score (nSPS) is 11.1. The Balaban J connectivity index is 1.79. The van der Waals surface area contributed by atoms with Crippen LogP contribution in [0.1, 0.15) is 41.7 Å². The van der Waals surface area contributed by atoms with Crippen molar-refractivity contribution in [2.24, 2.45) is 0 Å². The van der Waals surface area contributed by atoms with Crippen LogP contribution in [0.5, 0.6) is 11.5 Å². The van der Waals surface area contributed by atoms with Gasteiger partial charge in [0.15, 0.2) is 0 Å². The highest BCUT2D eigenvalue weighted by Crippen LogP contribution is 2.36. The number of aryl methyl sites for hydroxylation is 1. The highest BCUT2D eigenvalue weighted by Gasteiger charge is 2.25. The Morgan fingerprint density at radius 3 is 2.38 bits per heavy atom. The summed E-state index contributed by atoms with van der Waals surface area (Å²) < 4.78 is 24.8. The van der Waals surface area contributed by atoms with Gasteiger partial charge in [0.1, 0.15) is 36.6 Å². The summed E-state index contributed by atoms with van der Waals surface area (Å²) in [5.74, 6) is 1.21. The Bertz CT molecular complexity index is 1140. The zero-order valence-electron chi connectivity index (χ0n) is 18.4. The standard InChI is InChI=1S/C26H26ClFN2O2/c1-17-12-21(14-19(15-29)25(17)31-11-10-27)26(2,3)20-5-7-22(8-6-20)32-16-18-4-9-23(28)24(30)13-18/h4-9,12-14H,10-11,16,30H2,1-3H3. The number of benzene rings is 3. The first-order valence-electron chi connectivity index (χ1n) is 10.3. The van der Waals surface area contributed by atoms with E-state index in [0.29, 0.717) is 36.2 Å². The van der Waals surface area contributed by atoms with Gasteiger partial charge in [0, 0.05) is 5.41 Å². The Morgan fingerprint density at radius 1 is 1.03 bits per heavy atom. The third-order valence-electron chi connectivity index (χ3n) is 5.48. The number of hydrogen-bond acceptors (Lipinski definition) is 4. The summed E-state index contributed by atoms with van der Waals surface area (Å²) in [6.45, 7) is 6.80. The van der Waals surface area contributed by atoms with E-state index in [1.54, 1.807) is 12.1 Å². The number of nitriles is 1. The van der Waals surface area contributed by atoms with Gasteiger partial charge >= 0.3 is 0 Å². The molecule has 0 radical (unpaired) electrons. The molecule has 32 heavy (non-hydrogen) atoms. The number of nitrogen functional groups attached to an aromatic ring is 1. The first-order chi connectivity index (χ1) is 15.3. The van der Waals surface area contributed by atoms with Crippen LogP contribution in [0.25, 0.3) is 0 Å². The van der Waals surface area contributed by atoms with Gasteiger partial charge in [0.05, 0.1) is 17.1 Å². The number of alkyl halides is 1. The van der Waals surface area contributed by atoms with Crippen LogP contribution in [0.3, 0.4) is 0 Å². The fraction of sp³-hybridized carbons (Fsp3) is 0.269. The van der Waals surface area contributed by atoms with Crippen molar-refractivity contribution < 1.29 is 13.9 Å². The number of anilines is 1. The number of nitrogens with two attached hydrogens (primary N) is 1. The lowest BCUT2D eigenvalue weighted by Crippen LogP contribution is -2.19. The van der Waals surface area contributed by atoms with E-state index < -0.39 is 5.82 Å². The van der Waals surface area contributed by atoms with Crippen molar-refractivity contribution in [2.45, 2.75) is 32.8 Å². The third kappa shape index (κ3) is 5.15. The second-order valence-electron chi connectivity index (χ2n) is 8.11. The molecular formula is C26H26ClFN2O2. The van der Waals surface area contributed by atoms with Gasteiger partial charge in [-0.15, -0.1) is 11.6 Å². The van der Waals surface area contributed by atoms with E-state index in [1.165, 1.54) is 6.07 Å². The average molecular weight is 453 g/mol. The molecule has 0 fully saturated rings. The van der Waals surface area contributed by atoms with Crippen LogP contribution in [0.4, 0.5) is 10.1 Å². The van der Waals surface area contributed by atoms with Crippen LogP contribution < -0.4 is 15.2 Å². The molecule has 0 atom stereocenters. The highest BCUT2D eigenvalue weighted by atomic mass is 35.5. The zero-order chi connectivity index (χ0) is 23.3. The second-order valence-corrected chi connectivity index (χ2v) is 8.49. The summed E-state index contributed by atoms with van der Waals surface area (Å²) in [7, 11) is 0. The Kier molecular flexibility index (Phi) is 7.27. The molecule has 3 aromatic rings. The summed E-state index contributed by atoms with van der Waals surface area (Å²) in [5.41, 5.74) is 9.66. The van der Waals surface area contributed by atoms with Gasteiger partial charge in [0.2, 0.25) is 0 Å². The first-order valence-corrected chi connectivity index (χ1v) is 10.8. The largest absolute Gasteiger partial charge is 0.491 e. The average Bonchev–Trinajstić information content (AvgIpc) is 2.78. The number of halogens is 2. The van der Waals surface area contributed by atoms with Crippen molar-refractivity contribution in [3.63, 3.8) is 0 Å². The number of ether oxygens (including phenoxy) is 2. The van der Waals surface area contributed by atoms with E-state index >= 15 is 0 Å². The molecule has 0 heterocycles. The van der Waals surface area contributed by atoms with Crippen molar-refractivity contribution in [1.29, 1.82) is 5.26 Å². The van der Waals surface area contributed by atoms with Gasteiger partial charge in [-0.3, -0.25) is 0 Å². The minimum absolute atomic E-state index is 0.106. The number of hydrogen-bond donors (Lipinski definition) is 1.